The molecular formula is C22H31N3O2. The van der Waals surface area contributed by atoms with Gasteiger partial charge in [-0.1, -0.05) is 44.2 Å². The third-order valence-electron chi connectivity index (χ3n) is 5.31. The molecule has 146 valence electrons. The van der Waals surface area contributed by atoms with Crippen LogP contribution < -0.4 is 5.32 Å². The lowest BCUT2D eigenvalue weighted by molar-refractivity contribution is 0.0238. The van der Waals surface area contributed by atoms with Crippen LogP contribution in [0.5, 0.6) is 0 Å². The molecule has 2 N–H and O–H groups in total. The molecule has 1 atom stereocenters. The van der Waals surface area contributed by atoms with Crippen molar-refractivity contribution in [2.24, 2.45) is 11.8 Å². The normalized spacial score (nSPS) is 20.3. The van der Waals surface area contributed by atoms with Gasteiger partial charge in [0.25, 0.3) is 5.91 Å². The highest BCUT2D eigenvalue weighted by molar-refractivity contribution is 5.93. The van der Waals surface area contributed by atoms with Gasteiger partial charge in [0, 0.05) is 12.6 Å². The summed E-state index contributed by atoms with van der Waals surface area (Å²) in [5, 5.41) is 17.5. The average Bonchev–Trinajstić information content (AvgIpc) is 3.01. The summed E-state index contributed by atoms with van der Waals surface area (Å²) >= 11 is 0. The maximum atomic E-state index is 13.0. The van der Waals surface area contributed by atoms with Gasteiger partial charge in [0.15, 0.2) is 0 Å². The van der Waals surface area contributed by atoms with Crippen molar-refractivity contribution in [2.45, 2.75) is 65.1 Å². The minimum atomic E-state index is -0.232. The van der Waals surface area contributed by atoms with Crippen LogP contribution in [0.25, 0.3) is 0 Å². The van der Waals surface area contributed by atoms with Crippen LogP contribution in [0.4, 0.5) is 0 Å². The zero-order valence-corrected chi connectivity index (χ0v) is 16.6. The van der Waals surface area contributed by atoms with E-state index in [1.807, 2.05) is 31.2 Å². The fourth-order valence-corrected chi connectivity index (χ4v) is 3.82. The van der Waals surface area contributed by atoms with Gasteiger partial charge >= 0.3 is 0 Å². The van der Waals surface area contributed by atoms with E-state index in [2.05, 4.69) is 36.4 Å². The van der Waals surface area contributed by atoms with E-state index in [9.17, 15) is 9.90 Å². The van der Waals surface area contributed by atoms with Gasteiger partial charge in [-0.15, -0.1) is 0 Å². The van der Waals surface area contributed by atoms with Crippen molar-refractivity contribution >= 4 is 5.91 Å². The molecule has 0 saturated heterocycles. The zero-order valence-electron chi connectivity index (χ0n) is 16.6. The van der Waals surface area contributed by atoms with E-state index in [1.54, 1.807) is 4.68 Å². The van der Waals surface area contributed by atoms with E-state index in [0.29, 0.717) is 24.1 Å². The number of carbonyl (C=O) groups excluding carboxylic acids is 1. The number of aliphatic hydroxyl groups is 1. The van der Waals surface area contributed by atoms with E-state index >= 15 is 0 Å². The third kappa shape index (κ3) is 4.98. The van der Waals surface area contributed by atoms with Gasteiger partial charge in [0.05, 0.1) is 11.8 Å². The SMILES string of the molecule is CCn1nc(CC(C)C)cc1C(=O)N[C@@H](Cc1ccccc1)C1CC(O)C1. The molecule has 1 aliphatic rings. The van der Waals surface area contributed by atoms with E-state index in [0.717, 1.165) is 31.4 Å². The number of nitrogens with one attached hydrogen (secondary N) is 1. The Kier molecular flexibility index (Phi) is 6.32. The Bertz CT molecular complexity index is 748. The van der Waals surface area contributed by atoms with Crippen LogP contribution in [0.3, 0.4) is 0 Å². The first kappa shape index (κ1) is 19.6. The summed E-state index contributed by atoms with van der Waals surface area (Å²) in [6.07, 6.45) is 2.93. The van der Waals surface area contributed by atoms with Crippen molar-refractivity contribution in [1.82, 2.24) is 15.1 Å². The summed E-state index contributed by atoms with van der Waals surface area (Å²) in [6.45, 7) is 6.99. The minimum Gasteiger partial charge on any atom is -0.393 e. The molecule has 0 bridgehead atoms. The van der Waals surface area contributed by atoms with E-state index in [1.165, 1.54) is 5.56 Å². The maximum Gasteiger partial charge on any atom is 0.269 e. The fraction of sp³-hybridized carbons (Fsp3) is 0.545. The smallest absolute Gasteiger partial charge is 0.269 e. The Morgan fingerprint density at radius 2 is 1.96 bits per heavy atom. The summed E-state index contributed by atoms with van der Waals surface area (Å²) in [5.41, 5.74) is 2.80. The predicted octanol–water partition coefficient (Wildman–Crippen LogP) is 3.21. The molecule has 0 aliphatic heterocycles. The molecule has 1 aliphatic carbocycles. The zero-order chi connectivity index (χ0) is 19.4. The number of hydrogen-bond acceptors (Lipinski definition) is 3. The number of carbonyl (C=O) groups is 1. The number of benzene rings is 1. The van der Waals surface area contributed by atoms with Crippen LogP contribution >= 0.6 is 0 Å². The van der Waals surface area contributed by atoms with Gasteiger partial charge in [-0.25, -0.2) is 0 Å². The highest BCUT2D eigenvalue weighted by Crippen LogP contribution is 2.32. The van der Waals surface area contributed by atoms with Crippen LogP contribution in [0.2, 0.25) is 0 Å². The van der Waals surface area contributed by atoms with Gasteiger partial charge in [-0.2, -0.15) is 5.10 Å². The second-order valence-corrected chi connectivity index (χ2v) is 8.09. The molecule has 1 fully saturated rings. The molecule has 1 amide bonds. The van der Waals surface area contributed by atoms with Gasteiger partial charge in [-0.3, -0.25) is 9.48 Å². The first-order valence-electron chi connectivity index (χ1n) is 10.1. The van der Waals surface area contributed by atoms with E-state index in [4.69, 9.17) is 0 Å². The number of aliphatic hydroxyl groups excluding tert-OH is 1. The van der Waals surface area contributed by atoms with Crippen LogP contribution in [-0.2, 0) is 19.4 Å². The molecule has 3 rings (SSSR count). The standard InChI is InChI=1S/C22H31N3O2/c1-4-25-21(14-18(24-25)10-15(2)3)22(27)23-20(17-12-19(26)13-17)11-16-8-6-5-7-9-16/h5-9,14-15,17,19-20,26H,4,10-13H2,1-3H3,(H,23,27)/t17?,19?,20-/m0/s1. The number of aromatic nitrogens is 2. The second-order valence-electron chi connectivity index (χ2n) is 8.09. The molecule has 2 aromatic rings. The van der Waals surface area contributed by atoms with Crippen LogP contribution in [0, 0.1) is 11.8 Å². The van der Waals surface area contributed by atoms with Gasteiger partial charge in [0.1, 0.15) is 5.69 Å². The first-order valence-corrected chi connectivity index (χ1v) is 10.1. The first-order chi connectivity index (χ1) is 13.0. The molecular weight excluding hydrogens is 338 g/mol. The van der Waals surface area contributed by atoms with E-state index < -0.39 is 0 Å². The Morgan fingerprint density at radius 1 is 1.26 bits per heavy atom. The Labute approximate surface area is 161 Å². The number of nitrogens with zero attached hydrogens (tertiary/aromatic N) is 2. The summed E-state index contributed by atoms with van der Waals surface area (Å²) in [4.78, 5) is 13.0. The van der Waals surface area contributed by atoms with Crippen molar-refractivity contribution in [3.63, 3.8) is 0 Å². The largest absolute Gasteiger partial charge is 0.393 e. The predicted molar refractivity (Wildman–Crippen MR) is 107 cm³/mol. The van der Waals surface area contributed by atoms with Crippen molar-refractivity contribution < 1.29 is 9.90 Å². The van der Waals surface area contributed by atoms with Crippen LogP contribution in [-0.4, -0.2) is 32.9 Å². The van der Waals surface area contributed by atoms with Crippen molar-refractivity contribution in [3.8, 4) is 0 Å². The lowest BCUT2D eigenvalue weighted by Gasteiger charge is -2.38. The van der Waals surface area contributed by atoms with Crippen molar-refractivity contribution in [3.05, 3.63) is 53.3 Å². The Balaban J connectivity index is 1.74. The number of rotatable bonds is 8. The van der Waals surface area contributed by atoms with Gasteiger partial charge in [0.2, 0.25) is 0 Å². The second kappa shape index (κ2) is 8.70. The lowest BCUT2D eigenvalue weighted by Crippen LogP contribution is -2.48. The van der Waals surface area contributed by atoms with Gasteiger partial charge < -0.3 is 10.4 Å². The fourth-order valence-electron chi connectivity index (χ4n) is 3.82. The van der Waals surface area contributed by atoms with Crippen LogP contribution in [0.15, 0.2) is 36.4 Å². The average molecular weight is 370 g/mol. The highest BCUT2D eigenvalue weighted by atomic mass is 16.3. The van der Waals surface area contributed by atoms with Crippen molar-refractivity contribution in [1.29, 1.82) is 0 Å². The summed E-state index contributed by atoms with van der Waals surface area (Å²) in [5.74, 6) is 0.752. The molecule has 0 radical (unpaired) electrons. The molecule has 1 saturated carbocycles. The lowest BCUT2D eigenvalue weighted by atomic mass is 9.75. The molecule has 0 unspecified atom stereocenters. The molecule has 1 heterocycles. The Morgan fingerprint density at radius 3 is 2.56 bits per heavy atom. The van der Waals surface area contributed by atoms with Gasteiger partial charge in [-0.05, 0) is 56.1 Å². The molecule has 27 heavy (non-hydrogen) atoms. The summed E-state index contributed by atoms with van der Waals surface area (Å²) in [6, 6.07) is 12.2. The summed E-state index contributed by atoms with van der Waals surface area (Å²) < 4.78 is 1.79. The Hall–Kier alpha value is -2.14. The minimum absolute atomic E-state index is 0.0251. The number of aryl methyl sites for hydroxylation is 1. The maximum absolute atomic E-state index is 13.0. The molecule has 5 nitrogen and oxygen atoms in total. The molecule has 1 aromatic heterocycles. The highest BCUT2D eigenvalue weighted by Gasteiger charge is 2.35. The van der Waals surface area contributed by atoms with Crippen LogP contribution in [0.1, 0.15) is 55.4 Å². The summed E-state index contributed by atoms with van der Waals surface area (Å²) in [7, 11) is 0. The van der Waals surface area contributed by atoms with Crippen molar-refractivity contribution in [2.75, 3.05) is 0 Å². The number of hydrogen-bond donors (Lipinski definition) is 2. The number of amides is 1. The molecule has 0 spiro atoms. The topological polar surface area (TPSA) is 67.2 Å². The quantitative estimate of drug-likeness (QED) is 0.751. The molecule has 1 aromatic carbocycles. The van der Waals surface area contributed by atoms with E-state index in [-0.39, 0.29) is 18.1 Å². The third-order valence-corrected chi connectivity index (χ3v) is 5.31. The monoisotopic (exact) mass is 369 g/mol. The molecule has 5 heteroatoms.